The summed E-state index contributed by atoms with van der Waals surface area (Å²) in [7, 11) is 0. The average molecular weight is 267 g/mol. The van der Waals surface area contributed by atoms with Gasteiger partial charge in [0.05, 0.1) is 6.61 Å². The zero-order chi connectivity index (χ0) is 13.7. The first-order chi connectivity index (χ1) is 9.21. The highest BCUT2D eigenvalue weighted by molar-refractivity contribution is 5.25. The monoisotopic (exact) mass is 267 g/mol. The van der Waals surface area contributed by atoms with Crippen LogP contribution < -0.4 is 20.7 Å². The highest BCUT2D eigenvalue weighted by atomic mass is 16.5. The molecule has 2 rings (SSSR count). The molecule has 1 aromatic heterocycles. The minimum absolute atomic E-state index is 0.165. The molecule has 1 saturated carbocycles. The molecule has 0 atom stereocenters. The van der Waals surface area contributed by atoms with E-state index in [1.807, 2.05) is 6.92 Å². The molecule has 7 nitrogen and oxygen atoms in total. The molecule has 1 heterocycles. The normalized spacial score (nSPS) is 22.9. The maximum atomic E-state index is 5.80. The fourth-order valence-electron chi connectivity index (χ4n) is 2.15. The Morgan fingerprint density at radius 3 is 2.47 bits per heavy atom. The van der Waals surface area contributed by atoms with Gasteiger partial charge < -0.3 is 9.47 Å². The summed E-state index contributed by atoms with van der Waals surface area (Å²) in [6.45, 7) is 4.61. The second kappa shape index (κ2) is 6.51. The summed E-state index contributed by atoms with van der Waals surface area (Å²) in [6, 6.07) is 0.496. The van der Waals surface area contributed by atoms with E-state index in [-0.39, 0.29) is 24.1 Å². The van der Waals surface area contributed by atoms with Gasteiger partial charge in [-0.2, -0.15) is 9.97 Å². The van der Waals surface area contributed by atoms with Crippen molar-refractivity contribution in [1.29, 1.82) is 0 Å². The third kappa shape index (κ3) is 3.92. The number of aromatic nitrogens is 3. The average Bonchev–Trinajstić information content (AvgIpc) is 2.41. The minimum atomic E-state index is 0.165. The Labute approximate surface area is 112 Å². The first-order valence-electron chi connectivity index (χ1n) is 6.73. The maximum Gasteiger partial charge on any atom is 0.324 e. The standard InChI is InChI=1S/C12H21N5O2/c1-3-18-11-14-10(17-13)15-12(16-11)19-9-6-4-8(2)5-7-9/h8-9H,3-7,13H2,1-2H3,(H,14,15,16,17). The molecule has 0 spiro atoms. The van der Waals surface area contributed by atoms with Gasteiger partial charge in [0.2, 0.25) is 5.95 Å². The molecule has 1 aliphatic carbocycles. The van der Waals surface area contributed by atoms with Crippen molar-refractivity contribution in [2.45, 2.75) is 45.6 Å². The van der Waals surface area contributed by atoms with Crippen LogP contribution in [0.15, 0.2) is 0 Å². The number of ether oxygens (including phenoxy) is 2. The lowest BCUT2D eigenvalue weighted by atomic mass is 9.89. The lowest BCUT2D eigenvalue weighted by molar-refractivity contribution is 0.122. The number of hydrazine groups is 1. The molecule has 0 unspecified atom stereocenters. The van der Waals surface area contributed by atoms with Crippen molar-refractivity contribution in [3.05, 3.63) is 0 Å². The molecule has 19 heavy (non-hydrogen) atoms. The van der Waals surface area contributed by atoms with Gasteiger partial charge in [-0.05, 0) is 38.5 Å². The number of hydrogen-bond donors (Lipinski definition) is 2. The van der Waals surface area contributed by atoms with Crippen LogP contribution in [0.25, 0.3) is 0 Å². The summed E-state index contributed by atoms with van der Waals surface area (Å²) in [5, 5.41) is 0. The lowest BCUT2D eigenvalue weighted by Gasteiger charge is -2.25. The van der Waals surface area contributed by atoms with E-state index in [1.54, 1.807) is 0 Å². The molecular formula is C12H21N5O2. The van der Waals surface area contributed by atoms with Crippen molar-refractivity contribution in [3.8, 4) is 12.0 Å². The lowest BCUT2D eigenvalue weighted by Crippen LogP contribution is -2.24. The third-order valence-corrected chi connectivity index (χ3v) is 3.23. The molecule has 0 saturated heterocycles. The summed E-state index contributed by atoms with van der Waals surface area (Å²) in [4.78, 5) is 12.2. The van der Waals surface area contributed by atoms with Crippen molar-refractivity contribution in [2.24, 2.45) is 11.8 Å². The summed E-state index contributed by atoms with van der Waals surface area (Å²) in [5.74, 6) is 6.35. The molecule has 106 valence electrons. The molecule has 7 heteroatoms. The predicted octanol–water partition coefficient (Wildman–Crippen LogP) is 1.51. The highest BCUT2D eigenvalue weighted by Gasteiger charge is 2.21. The molecule has 1 aromatic rings. The van der Waals surface area contributed by atoms with Gasteiger partial charge in [0.25, 0.3) is 0 Å². The van der Waals surface area contributed by atoms with E-state index in [1.165, 1.54) is 12.8 Å². The minimum Gasteiger partial charge on any atom is -0.464 e. The van der Waals surface area contributed by atoms with E-state index in [2.05, 4.69) is 27.3 Å². The summed E-state index contributed by atoms with van der Waals surface area (Å²) < 4.78 is 11.1. The SMILES string of the molecule is CCOc1nc(NN)nc(OC2CCC(C)CC2)n1. The number of nitrogen functional groups attached to an aromatic ring is 1. The van der Waals surface area contributed by atoms with Gasteiger partial charge in [-0.3, -0.25) is 5.43 Å². The Balaban J connectivity index is 2.04. The molecule has 1 aliphatic rings. The Bertz CT molecular complexity index is 407. The Morgan fingerprint density at radius 1 is 1.16 bits per heavy atom. The van der Waals surface area contributed by atoms with Crippen LogP contribution in [0.1, 0.15) is 39.5 Å². The third-order valence-electron chi connectivity index (χ3n) is 3.23. The Kier molecular flexibility index (Phi) is 4.73. The maximum absolute atomic E-state index is 5.80. The van der Waals surface area contributed by atoms with E-state index in [0.29, 0.717) is 6.61 Å². The van der Waals surface area contributed by atoms with Crippen molar-refractivity contribution in [2.75, 3.05) is 12.0 Å². The van der Waals surface area contributed by atoms with E-state index >= 15 is 0 Å². The molecule has 3 N–H and O–H groups in total. The van der Waals surface area contributed by atoms with Crippen LogP contribution in [-0.2, 0) is 0 Å². The zero-order valence-electron chi connectivity index (χ0n) is 11.4. The number of anilines is 1. The molecular weight excluding hydrogens is 246 g/mol. The van der Waals surface area contributed by atoms with Gasteiger partial charge in [0.15, 0.2) is 0 Å². The van der Waals surface area contributed by atoms with Gasteiger partial charge >= 0.3 is 12.0 Å². The van der Waals surface area contributed by atoms with Gasteiger partial charge in [0.1, 0.15) is 6.10 Å². The topological polar surface area (TPSA) is 95.2 Å². The number of rotatable bonds is 5. The Hall–Kier alpha value is -1.63. The summed E-state index contributed by atoms with van der Waals surface area (Å²) in [6.07, 6.45) is 4.58. The molecule has 0 amide bonds. The van der Waals surface area contributed by atoms with Gasteiger partial charge in [0, 0.05) is 0 Å². The number of nitrogens with one attached hydrogen (secondary N) is 1. The quantitative estimate of drug-likeness (QED) is 0.616. The molecule has 0 bridgehead atoms. The van der Waals surface area contributed by atoms with E-state index < -0.39 is 0 Å². The molecule has 1 fully saturated rings. The smallest absolute Gasteiger partial charge is 0.324 e. The van der Waals surface area contributed by atoms with Crippen molar-refractivity contribution in [3.63, 3.8) is 0 Å². The second-order valence-electron chi connectivity index (χ2n) is 4.80. The van der Waals surface area contributed by atoms with Crippen molar-refractivity contribution >= 4 is 5.95 Å². The predicted molar refractivity (Wildman–Crippen MR) is 70.9 cm³/mol. The zero-order valence-corrected chi connectivity index (χ0v) is 11.4. The highest BCUT2D eigenvalue weighted by Crippen LogP contribution is 2.26. The van der Waals surface area contributed by atoms with E-state index in [4.69, 9.17) is 15.3 Å². The van der Waals surface area contributed by atoms with Crippen LogP contribution in [-0.4, -0.2) is 27.7 Å². The van der Waals surface area contributed by atoms with Crippen molar-refractivity contribution in [1.82, 2.24) is 15.0 Å². The van der Waals surface area contributed by atoms with Crippen LogP contribution in [0.2, 0.25) is 0 Å². The molecule has 0 aromatic carbocycles. The fourth-order valence-corrected chi connectivity index (χ4v) is 2.15. The summed E-state index contributed by atoms with van der Waals surface area (Å²) >= 11 is 0. The Morgan fingerprint density at radius 2 is 1.84 bits per heavy atom. The molecule has 0 radical (unpaired) electrons. The van der Waals surface area contributed by atoms with Crippen LogP contribution in [0.5, 0.6) is 12.0 Å². The number of nitrogens with zero attached hydrogens (tertiary/aromatic N) is 3. The molecule has 0 aliphatic heterocycles. The van der Waals surface area contributed by atoms with Crippen LogP contribution >= 0.6 is 0 Å². The van der Waals surface area contributed by atoms with Crippen LogP contribution in [0, 0.1) is 5.92 Å². The van der Waals surface area contributed by atoms with Crippen LogP contribution in [0.3, 0.4) is 0 Å². The van der Waals surface area contributed by atoms with Gasteiger partial charge in [-0.15, -0.1) is 4.98 Å². The first kappa shape index (κ1) is 13.8. The largest absolute Gasteiger partial charge is 0.464 e. The first-order valence-corrected chi connectivity index (χ1v) is 6.73. The van der Waals surface area contributed by atoms with Crippen LogP contribution in [0.4, 0.5) is 5.95 Å². The number of hydrogen-bond acceptors (Lipinski definition) is 7. The van der Waals surface area contributed by atoms with Gasteiger partial charge in [-0.25, -0.2) is 5.84 Å². The van der Waals surface area contributed by atoms with E-state index in [9.17, 15) is 0 Å². The second-order valence-corrected chi connectivity index (χ2v) is 4.80. The van der Waals surface area contributed by atoms with E-state index in [0.717, 1.165) is 18.8 Å². The van der Waals surface area contributed by atoms with Crippen molar-refractivity contribution < 1.29 is 9.47 Å². The number of nitrogens with two attached hydrogens (primary N) is 1. The van der Waals surface area contributed by atoms with Gasteiger partial charge in [-0.1, -0.05) is 6.92 Å². The summed E-state index contributed by atoms with van der Waals surface area (Å²) in [5.41, 5.74) is 2.39. The fraction of sp³-hybridized carbons (Fsp3) is 0.750.